The summed E-state index contributed by atoms with van der Waals surface area (Å²) in [5.74, 6) is -0.0678. The van der Waals surface area contributed by atoms with Crippen LogP contribution in [0.15, 0.2) is 11.1 Å². The molecule has 3 saturated heterocycles. The molecule has 174 valence electrons. The van der Waals surface area contributed by atoms with Crippen LogP contribution in [0.1, 0.15) is 61.6 Å². The molecule has 5 heterocycles. The van der Waals surface area contributed by atoms with E-state index in [0.717, 1.165) is 37.5 Å². The second-order valence-electron chi connectivity index (χ2n) is 9.22. The molecule has 10 nitrogen and oxygen atoms in total. The number of hydrogen-bond acceptors (Lipinski definition) is 8. The van der Waals surface area contributed by atoms with E-state index in [0.29, 0.717) is 37.4 Å². The number of anilines is 1. The van der Waals surface area contributed by atoms with Gasteiger partial charge < -0.3 is 20.5 Å². The van der Waals surface area contributed by atoms with Crippen molar-refractivity contribution in [1.82, 2.24) is 19.5 Å². The lowest BCUT2D eigenvalue weighted by Gasteiger charge is -2.39. The molecule has 5 rings (SSSR count). The predicted octanol–water partition coefficient (Wildman–Crippen LogP) is 0.838. The Morgan fingerprint density at radius 2 is 1.84 bits per heavy atom. The number of aromatic nitrogens is 3. The number of rotatable bonds is 4. The number of hydrogen-bond donors (Lipinski definition) is 2. The van der Waals surface area contributed by atoms with Crippen LogP contribution in [0.25, 0.3) is 5.65 Å². The van der Waals surface area contributed by atoms with Gasteiger partial charge in [0.2, 0.25) is 5.91 Å². The van der Waals surface area contributed by atoms with Crippen molar-refractivity contribution in [3.63, 3.8) is 0 Å². The molecule has 0 aliphatic carbocycles. The van der Waals surface area contributed by atoms with Crippen LogP contribution < -0.4 is 5.73 Å². The first-order valence-corrected chi connectivity index (χ1v) is 13.1. The molecule has 2 aromatic rings. The highest BCUT2D eigenvalue weighted by Crippen LogP contribution is 2.45. The fourth-order valence-electron chi connectivity index (χ4n) is 5.88. The number of amides is 1. The number of aliphatic hydroxyl groups is 1. The number of nitrogens with zero attached hydrogens (tertiary/aromatic N) is 4. The average Bonchev–Trinajstić information content (AvgIpc) is 3.31. The van der Waals surface area contributed by atoms with Crippen molar-refractivity contribution in [3.05, 3.63) is 17.5 Å². The molecule has 2 aromatic heterocycles. The smallest absolute Gasteiger partial charge is 0.248 e. The van der Waals surface area contributed by atoms with E-state index in [-0.39, 0.29) is 40.5 Å². The standard InChI is InChI=1S/C21H29N5O5S/c1-32(29,30)19-18(13-8-14-2-3-15(9-13)25(14)17(28)11-27)24-21-16(10-23-26(21)20(19)22)12-4-6-31-7-5-12/h10,12-15,27H,2-9,11,22H2,1H3/t13-,14-,15+. The number of nitrogens with two attached hydrogens (primary N) is 1. The van der Waals surface area contributed by atoms with Crippen molar-refractivity contribution < 1.29 is 23.1 Å². The van der Waals surface area contributed by atoms with Gasteiger partial charge in [-0.05, 0) is 44.4 Å². The minimum atomic E-state index is -3.66. The summed E-state index contributed by atoms with van der Waals surface area (Å²) in [5.41, 5.74) is 8.46. The topological polar surface area (TPSA) is 140 Å². The number of carbonyl (C=O) groups is 1. The van der Waals surface area contributed by atoms with E-state index < -0.39 is 16.4 Å². The van der Waals surface area contributed by atoms with E-state index in [1.807, 2.05) is 0 Å². The number of nitrogen functional groups attached to an aromatic ring is 1. The maximum atomic E-state index is 12.8. The number of carbonyl (C=O) groups excluding carboxylic acids is 1. The van der Waals surface area contributed by atoms with Gasteiger partial charge in [0, 0.05) is 43.0 Å². The van der Waals surface area contributed by atoms with Gasteiger partial charge in [-0.2, -0.15) is 9.61 Å². The van der Waals surface area contributed by atoms with E-state index >= 15 is 0 Å². The molecule has 0 aromatic carbocycles. The monoisotopic (exact) mass is 463 g/mol. The largest absolute Gasteiger partial charge is 0.387 e. The summed E-state index contributed by atoms with van der Waals surface area (Å²) >= 11 is 0. The lowest BCUT2D eigenvalue weighted by molar-refractivity contribution is -0.138. The Morgan fingerprint density at radius 3 is 2.44 bits per heavy atom. The Morgan fingerprint density at radius 1 is 1.19 bits per heavy atom. The number of aliphatic hydroxyl groups excluding tert-OH is 1. The molecule has 3 fully saturated rings. The van der Waals surface area contributed by atoms with Crippen LogP contribution in [-0.2, 0) is 19.4 Å². The molecule has 2 bridgehead atoms. The van der Waals surface area contributed by atoms with Gasteiger partial charge in [-0.1, -0.05) is 0 Å². The third kappa shape index (κ3) is 3.46. The van der Waals surface area contributed by atoms with Crippen molar-refractivity contribution >= 4 is 27.2 Å². The molecular formula is C21H29N5O5S. The first kappa shape index (κ1) is 21.6. The Balaban J connectivity index is 1.61. The average molecular weight is 464 g/mol. The van der Waals surface area contributed by atoms with E-state index in [2.05, 4.69) is 5.10 Å². The van der Waals surface area contributed by atoms with Crippen LogP contribution >= 0.6 is 0 Å². The van der Waals surface area contributed by atoms with Crippen LogP contribution in [0.2, 0.25) is 0 Å². The normalized spacial score (nSPS) is 26.7. The first-order valence-electron chi connectivity index (χ1n) is 11.2. The molecule has 1 amide bonds. The lowest BCUT2D eigenvalue weighted by atomic mass is 9.87. The number of ether oxygens (including phenoxy) is 1. The SMILES string of the molecule is CS(=O)(=O)c1c([C@@H]2C[C@H]3CC[C@@H](C2)N3C(=O)CO)nc2c(C3CCOCC3)cnn2c1N. The fraction of sp³-hybridized carbons (Fsp3) is 0.667. The van der Waals surface area contributed by atoms with E-state index in [9.17, 15) is 18.3 Å². The zero-order chi connectivity index (χ0) is 22.6. The summed E-state index contributed by atoms with van der Waals surface area (Å²) in [6, 6.07) is -0.0464. The molecule has 32 heavy (non-hydrogen) atoms. The van der Waals surface area contributed by atoms with Crippen LogP contribution in [0.5, 0.6) is 0 Å². The third-order valence-electron chi connectivity index (χ3n) is 7.27. The van der Waals surface area contributed by atoms with Crippen molar-refractivity contribution in [2.45, 2.75) is 67.3 Å². The fourth-order valence-corrected chi connectivity index (χ4v) is 6.94. The van der Waals surface area contributed by atoms with Gasteiger partial charge in [0.05, 0.1) is 11.9 Å². The summed E-state index contributed by atoms with van der Waals surface area (Å²) < 4.78 is 32.5. The predicted molar refractivity (Wildman–Crippen MR) is 116 cm³/mol. The summed E-state index contributed by atoms with van der Waals surface area (Å²) in [7, 11) is -3.66. The Hall–Kier alpha value is -2.24. The van der Waals surface area contributed by atoms with Gasteiger partial charge in [-0.3, -0.25) is 4.79 Å². The van der Waals surface area contributed by atoms with Crippen LogP contribution in [0, 0.1) is 0 Å². The first-order chi connectivity index (χ1) is 15.3. The summed E-state index contributed by atoms with van der Waals surface area (Å²) in [6.07, 6.45) is 7.52. The third-order valence-corrected chi connectivity index (χ3v) is 8.43. The maximum absolute atomic E-state index is 12.8. The van der Waals surface area contributed by atoms with Gasteiger partial charge in [0.25, 0.3) is 0 Å². The minimum Gasteiger partial charge on any atom is -0.387 e. The van der Waals surface area contributed by atoms with E-state index in [4.69, 9.17) is 15.5 Å². The maximum Gasteiger partial charge on any atom is 0.248 e. The quantitative estimate of drug-likeness (QED) is 0.680. The highest BCUT2D eigenvalue weighted by Gasteiger charge is 2.45. The van der Waals surface area contributed by atoms with E-state index in [1.165, 1.54) is 4.52 Å². The second kappa shape index (κ2) is 7.96. The van der Waals surface area contributed by atoms with Gasteiger partial charge in [-0.25, -0.2) is 13.4 Å². The summed E-state index contributed by atoms with van der Waals surface area (Å²) in [5, 5.41) is 13.7. The molecule has 11 heteroatoms. The molecular weight excluding hydrogens is 434 g/mol. The molecule has 3 atom stereocenters. The Labute approximate surface area is 186 Å². The zero-order valence-electron chi connectivity index (χ0n) is 18.1. The van der Waals surface area contributed by atoms with Crippen molar-refractivity contribution in [1.29, 1.82) is 0 Å². The molecule has 3 aliphatic rings. The molecule has 3 N–H and O–H groups in total. The Kier molecular flexibility index (Phi) is 5.37. The number of sulfone groups is 1. The minimum absolute atomic E-state index is 0.0232. The summed E-state index contributed by atoms with van der Waals surface area (Å²) in [4.78, 5) is 19.0. The van der Waals surface area contributed by atoms with Crippen LogP contribution in [-0.4, -0.2) is 77.1 Å². The highest BCUT2D eigenvalue weighted by molar-refractivity contribution is 7.91. The number of fused-ring (bicyclic) bond motifs is 3. The van der Waals surface area contributed by atoms with Crippen molar-refractivity contribution in [2.75, 3.05) is 31.8 Å². The Bertz CT molecular complexity index is 1140. The molecule has 0 spiro atoms. The van der Waals surface area contributed by atoms with Gasteiger partial charge in [0.1, 0.15) is 17.3 Å². The lowest BCUT2D eigenvalue weighted by Crippen LogP contribution is -2.47. The van der Waals surface area contributed by atoms with Crippen LogP contribution in [0.4, 0.5) is 5.82 Å². The number of piperidine rings is 1. The molecule has 0 unspecified atom stereocenters. The van der Waals surface area contributed by atoms with E-state index in [1.54, 1.807) is 11.1 Å². The van der Waals surface area contributed by atoms with Crippen molar-refractivity contribution in [2.24, 2.45) is 0 Å². The highest BCUT2D eigenvalue weighted by atomic mass is 32.2. The second-order valence-corrected chi connectivity index (χ2v) is 11.2. The van der Waals surface area contributed by atoms with Crippen molar-refractivity contribution in [3.8, 4) is 0 Å². The van der Waals surface area contributed by atoms with Gasteiger partial charge in [-0.15, -0.1) is 0 Å². The molecule has 0 radical (unpaired) electrons. The summed E-state index contributed by atoms with van der Waals surface area (Å²) in [6.45, 7) is 0.840. The van der Waals surface area contributed by atoms with Gasteiger partial charge >= 0.3 is 0 Å². The molecule has 0 saturated carbocycles. The van der Waals surface area contributed by atoms with Crippen LogP contribution in [0.3, 0.4) is 0 Å². The zero-order valence-corrected chi connectivity index (χ0v) is 18.9. The molecule has 3 aliphatic heterocycles. The van der Waals surface area contributed by atoms with Gasteiger partial charge in [0.15, 0.2) is 15.5 Å².